The maximum Gasteiger partial charge on any atom is 2.00 e. The smallest absolute Gasteiger partial charge is 0.549 e. The zero-order chi connectivity index (χ0) is 15.7. The fraction of sp³-hybridized carbons (Fsp3) is 0.600. The van der Waals surface area contributed by atoms with Gasteiger partial charge < -0.3 is 72.5 Å². The van der Waals surface area contributed by atoms with Crippen LogP contribution in [0.5, 0.6) is 0 Å². The first kappa shape index (κ1) is 56.6. The predicted octanol–water partition coefficient (Wildman–Crippen LogP) is -13.1. The third kappa shape index (κ3) is 36.9. The summed E-state index contributed by atoms with van der Waals surface area (Å²) >= 11 is 0. The van der Waals surface area contributed by atoms with Crippen molar-refractivity contribution in [3.05, 3.63) is 0 Å². The van der Waals surface area contributed by atoms with Gasteiger partial charge in [0, 0.05) is 39.3 Å². The maximum atomic E-state index is 10.4. The van der Waals surface area contributed by atoms with Gasteiger partial charge in [0.25, 0.3) is 0 Å². The predicted molar refractivity (Wildman–Crippen MR) is 86.1 cm³/mol. The summed E-state index contributed by atoms with van der Waals surface area (Å²) in [6.45, 7) is -3.25. The largest absolute Gasteiger partial charge is 2.00 e. The number of carboxylic acids is 4. The summed E-state index contributed by atoms with van der Waals surface area (Å²) in [6.07, 6.45) is 0. The van der Waals surface area contributed by atoms with E-state index >= 15 is 0 Å². The second-order valence-electron chi connectivity index (χ2n) is 3.91. The van der Waals surface area contributed by atoms with Crippen LogP contribution in [-0.4, -0.2) is 181 Å². The molecule has 0 aliphatic heterocycles. The first-order valence-corrected chi connectivity index (χ1v) is 5.44. The molecule has 0 aliphatic rings. The molecule has 12 N–H and O–H groups in total. The second kappa shape index (κ2) is 31.8. The fourth-order valence-electron chi connectivity index (χ4n) is 1.44. The van der Waals surface area contributed by atoms with E-state index in [4.69, 9.17) is 0 Å². The number of hydrogen-bond donors (Lipinski definition) is 0. The Hall–Kier alpha value is 0.0795. The Labute approximate surface area is 218 Å². The van der Waals surface area contributed by atoms with Gasteiger partial charge in [-0.05, 0) is 0 Å². The molecule has 0 amide bonds. The maximum absolute atomic E-state index is 10.4. The molecule has 16 nitrogen and oxygen atoms in total. The van der Waals surface area contributed by atoms with Crippen LogP contribution in [0.3, 0.4) is 0 Å². The van der Waals surface area contributed by atoms with Crippen LogP contribution in [0.25, 0.3) is 0 Å². The molecule has 0 aromatic carbocycles. The van der Waals surface area contributed by atoms with E-state index in [0.29, 0.717) is 0 Å². The van der Waals surface area contributed by atoms with Gasteiger partial charge in [0.15, 0.2) is 0 Å². The molecule has 0 spiro atoms. The molecule has 0 atom stereocenters. The molecule has 0 saturated carbocycles. The normalized spacial score (nSPS) is 7.64. The standard InChI is InChI=1S/C10H16N2O8.2Ca.6H2O/c13-7(14)3-11(4-8(15)16)1-2-12(5-9(17)18)6-10(19)20;;;;;;;;/h1-6H2,(H,13,14)(H,15,16)(H,17,18)(H,19,20);;;6*1H2/q;2*+2;;;;;;/p-4. The van der Waals surface area contributed by atoms with Gasteiger partial charge in [0.1, 0.15) is 0 Å². The summed E-state index contributed by atoms with van der Waals surface area (Å²) in [4.78, 5) is 43.4. The zero-order valence-corrected chi connectivity index (χ0v) is 19.2. The summed E-state index contributed by atoms with van der Waals surface area (Å²) in [5.74, 6) is -6.12. The molecule has 0 rings (SSSR count). The van der Waals surface area contributed by atoms with E-state index in [0.717, 1.165) is 9.80 Å². The average molecular weight is 476 g/mol. The Kier molecular flexibility index (Phi) is 64.2. The van der Waals surface area contributed by atoms with Crippen LogP contribution >= 0.6 is 0 Å². The van der Waals surface area contributed by atoms with E-state index in [9.17, 15) is 39.6 Å². The summed E-state index contributed by atoms with van der Waals surface area (Å²) in [5, 5.41) is 41.6. The average Bonchev–Trinajstić information content (AvgIpc) is 2.22. The Morgan fingerprint density at radius 1 is 0.464 bits per heavy atom. The van der Waals surface area contributed by atoms with Gasteiger partial charge in [-0.25, -0.2) is 0 Å². The first-order valence-electron chi connectivity index (χ1n) is 5.44. The van der Waals surface area contributed by atoms with Gasteiger partial charge in [-0.1, -0.05) is 0 Å². The van der Waals surface area contributed by atoms with Crippen molar-refractivity contribution >= 4 is 99.4 Å². The van der Waals surface area contributed by atoms with Crippen LogP contribution in [0.2, 0.25) is 0 Å². The van der Waals surface area contributed by atoms with Crippen LogP contribution in [-0.2, 0) is 19.2 Å². The van der Waals surface area contributed by atoms with Crippen LogP contribution in [0.1, 0.15) is 0 Å². The molecular weight excluding hydrogens is 452 g/mol. The van der Waals surface area contributed by atoms with Crippen molar-refractivity contribution < 1.29 is 72.5 Å². The van der Waals surface area contributed by atoms with Gasteiger partial charge in [0.2, 0.25) is 0 Å². The molecule has 0 bridgehead atoms. The van der Waals surface area contributed by atoms with Crippen molar-refractivity contribution in [1.29, 1.82) is 0 Å². The van der Waals surface area contributed by atoms with Crippen molar-refractivity contribution in [2.75, 3.05) is 39.3 Å². The summed E-state index contributed by atoms with van der Waals surface area (Å²) < 4.78 is 0. The number of carbonyl (C=O) groups excluding carboxylic acids is 4. The molecule has 162 valence electrons. The van der Waals surface area contributed by atoms with E-state index in [1.54, 1.807) is 0 Å². The van der Waals surface area contributed by atoms with Crippen LogP contribution in [0, 0.1) is 0 Å². The van der Waals surface area contributed by atoms with Crippen LogP contribution in [0.4, 0.5) is 0 Å². The minimum Gasteiger partial charge on any atom is -0.549 e. The molecule has 0 radical (unpaired) electrons. The quantitative estimate of drug-likeness (QED) is 0.253. The third-order valence-corrected chi connectivity index (χ3v) is 2.14. The Balaban J connectivity index is -0.0000000645. The SMILES string of the molecule is O.O.O.O.O.O.O=C([O-])CN(CCN(CC(=O)[O-])CC(=O)[O-])CC(=O)[O-].[Ca+2].[Ca+2]. The molecular formula is C10H24Ca2N2O14. The molecule has 0 aromatic heterocycles. The summed E-state index contributed by atoms with van der Waals surface area (Å²) in [7, 11) is 0. The number of hydrogen-bond acceptors (Lipinski definition) is 10. The van der Waals surface area contributed by atoms with Gasteiger partial charge in [0.05, 0.1) is 23.9 Å². The zero-order valence-electron chi connectivity index (χ0n) is 14.8. The van der Waals surface area contributed by atoms with Gasteiger partial charge in [-0.2, -0.15) is 0 Å². The first-order chi connectivity index (χ1) is 9.20. The van der Waals surface area contributed by atoms with Crippen molar-refractivity contribution in [3.8, 4) is 0 Å². The van der Waals surface area contributed by atoms with Gasteiger partial charge in [-0.15, -0.1) is 0 Å². The second-order valence-corrected chi connectivity index (χ2v) is 3.91. The third-order valence-electron chi connectivity index (χ3n) is 2.14. The van der Waals surface area contributed by atoms with Crippen molar-refractivity contribution in [1.82, 2.24) is 9.80 Å². The minimum absolute atomic E-state index is 0. The summed E-state index contributed by atoms with van der Waals surface area (Å²) in [6, 6.07) is 0. The fourth-order valence-corrected chi connectivity index (χ4v) is 1.44. The molecule has 18 heteroatoms. The molecule has 0 aromatic rings. The Morgan fingerprint density at radius 2 is 0.607 bits per heavy atom. The molecule has 0 unspecified atom stereocenters. The molecule has 0 heterocycles. The monoisotopic (exact) mass is 476 g/mol. The summed E-state index contributed by atoms with van der Waals surface area (Å²) in [5.41, 5.74) is 0. The van der Waals surface area contributed by atoms with Crippen molar-refractivity contribution in [2.24, 2.45) is 0 Å². The van der Waals surface area contributed by atoms with Gasteiger partial charge >= 0.3 is 75.5 Å². The molecule has 0 fully saturated rings. The van der Waals surface area contributed by atoms with Crippen molar-refractivity contribution in [2.45, 2.75) is 0 Å². The van der Waals surface area contributed by atoms with Crippen molar-refractivity contribution in [3.63, 3.8) is 0 Å². The van der Waals surface area contributed by atoms with Crippen LogP contribution < -0.4 is 20.4 Å². The molecule has 0 aliphatic carbocycles. The Morgan fingerprint density at radius 3 is 0.714 bits per heavy atom. The van der Waals surface area contributed by atoms with E-state index < -0.39 is 50.1 Å². The van der Waals surface area contributed by atoms with Gasteiger partial charge in [-0.3, -0.25) is 9.80 Å². The molecule has 0 saturated heterocycles. The van der Waals surface area contributed by atoms with E-state index in [-0.39, 0.29) is 121 Å². The van der Waals surface area contributed by atoms with Crippen LogP contribution in [0.15, 0.2) is 0 Å². The van der Waals surface area contributed by atoms with E-state index in [1.807, 2.05) is 0 Å². The Bertz CT molecular complexity index is 332. The number of rotatable bonds is 11. The van der Waals surface area contributed by atoms with E-state index in [1.165, 1.54) is 0 Å². The number of nitrogens with zero attached hydrogens (tertiary/aromatic N) is 2. The molecule has 28 heavy (non-hydrogen) atoms. The van der Waals surface area contributed by atoms with E-state index in [2.05, 4.69) is 0 Å². The topological polar surface area (TPSA) is 356 Å². The number of aliphatic carboxylic acids is 4. The minimum atomic E-state index is -1.53. The number of carboxylic acid groups (broad SMARTS) is 4. The number of carbonyl (C=O) groups is 4.